The molecular formula is C32H22Cl2F3N3O6S2. The fraction of sp³-hybridized carbons (Fsp3) is 0.219. The molecule has 3 amide bonds. The van der Waals surface area contributed by atoms with E-state index in [1.54, 1.807) is 25.1 Å². The van der Waals surface area contributed by atoms with Crippen LogP contribution in [0.3, 0.4) is 0 Å². The maximum Gasteiger partial charge on any atom is 0.418 e. The van der Waals surface area contributed by atoms with Crippen molar-refractivity contribution in [2.24, 2.45) is 5.92 Å². The first-order valence-electron chi connectivity index (χ1n) is 14.3. The number of rotatable bonds is 7. The monoisotopic (exact) mass is 735 g/mol. The largest absolute Gasteiger partial charge is 0.462 e. The number of thioether (sulfide) groups is 1. The number of amides is 3. The lowest BCUT2D eigenvalue weighted by Crippen LogP contribution is -2.33. The molecule has 3 heterocycles. The van der Waals surface area contributed by atoms with Crippen LogP contribution in [-0.2, 0) is 31.8 Å². The first-order valence-corrected chi connectivity index (χ1v) is 16.7. The third-order valence-electron chi connectivity index (χ3n) is 7.81. The van der Waals surface area contributed by atoms with E-state index in [1.807, 2.05) is 0 Å². The van der Waals surface area contributed by atoms with Crippen LogP contribution in [0.1, 0.15) is 39.2 Å². The first-order chi connectivity index (χ1) is 22.8. The number of hydrogen-bond donors (Lipinski definition) is 1. The molecule has 248 valence electrons. The Morgan fingerprint density at radius 2 is 1.67 bits per heavy atom. The van der Waals surface area contributed by atoms with Gasteiger partial charge in [-0.1, -0.05) is 70.6 Å². The van der Waals surface area contributed by atoms with Crippen LogP contribution in [0.2, 0.25) is 10.0 Å². The Kier molecular flexibility index (Phi) is 9.20. The first kappa shape index (κ1) is 33.8. The molecule has 9 nitrogen and oxygen atoms in total. The van der Waals surface area contributed by atoms with E-state index in [-0.39, 0.29) is 32.9 Å². The van der Waals surface area contributed by atoms with Crippen molar-refractivity contribution in [3.63, 3.8) is 0 Å². The molecule has 48 heavy (non-hydrogen) atoms. The van der Waals surface area contributed by atoms with Crippen molar-refractivity contribution in [1.82, 2.24) is 4.57 Å². The Morgan fingerprint density at radius 1 is 0.958 bits per heavy atom. The number of halogens is 5. The summed E-state index contributed by atoms with van der Waals surface area (Å²) in [5.74, 6) is -4.66. The Balaban J connectivity index is 1.39. The quantitative estimate of drug-likeness (QED) is 0.163. The molecule has 0 bridgehead atoms. The van der Waals surface area contributed by atoms with E-state index in [1.165, 1.54) is 36.4 Å². The van der Waals surface area contributed by atoms with Crippen molar-refractivity contribution in [2.45, 2.75) is 35.8 Å². The summed E-state index contributed by atoms with van der Waals surface area (Å²) >= 11 is 14.6. The van der Waals surface area contributed by atoms with Gasteiger partial charge in [-0.3, -0.25) is 23.7 Å². The van der Waals surface area contributed by atoms with Crippen LogP contribution in [0.4, 0.5) is 24.5 Å². The molecule has 1 aromatic heterocycles. The highest BCUT2D eigenvalue weighted by atomic mass is 35.5. The Labute approximate surface area is 288 Å². The average molecular weight is 737 g/mol. The third-order valence-corrected chi connectivity index (χ3v) is 11.2. The number of ether oxygens (including phenoxy) is 1. The summed E-state index contributed by atoms with van der Waals surface area (Å²) in [4.78, 5) is 67.5. The molecule has 0 spiro atoms. The lowest BCUT2D eigenvalue weighted by atomic mass is 9.83. The molecule has 6 rings (SSSR count). The van der Waals surface area contributed by atoms with E-state index in [4.69, 9.17) is 27.9 Å². The summed E-state index contributed by atoms with van der Waals surface area (Å²) in [6.45, 7) is 1.15. The number of nitrogens with zero attached hydrogens (tertiary/aromatic N) is 2. The van der Waals surface area contributed by atoms with Gasteiger partial charge in [0.2, 0.25) is 17.7 Å². The predicted octanol–water partition coefficient (Wildman–Crippen LogP) is 6.85. The smallest absolute Gasteiger partial charge is 0.418 e. The highest BCUT2D eigenvalue weighted by Crippen LogP contribution is 2.55. The minimum absolute atomic E-state index is 0.104. The van der Waals surface area contributed by atoms with E-state index in [0.717, 1.165) is 44.7 Å². The number of para-hydroxylation sites is 1. The van der Waals surface area contributed by atoms with E-state index < -0.39 is 69.6 Å². The molecule has 3 aromatic carbocycles. The second-order valence-corrected chi connectivity index (χ2v) is 13.6. The molecule has 0 radical (unpaired) electrons. The summed E-state index contributed by atoms with van der Waals surface area (Å²) in [7, 11) is 0. The highest BCUT2D eigenvalue weighted by Gasteiger charge is 2.57. The van der Waals surface area contributed by atoms with Crippen LogP contribution in [0.5, 0.6) is 0 Å². The number of benzene rings is 3. The average Bonchev–Trinajstić information content (AvgIpc) is 3.48. The number of hydrogen-bond acceptors (Lipinski definition) is 8. The molecule has 16 heteroatoms. The van der Waals surface area contributed by atoms with E-state index in [9.17, 15) is 37.1 Å². The third kappa shape index (κ3) is 6.02. The number of imide groups is 1. The summed E-state index contributed by atoms with van der Waals surface area (Å²) in [5, 5.41) is 1.63. The van der Waals surface area contributed by atoms with Gasteiger partial charge in [0.1, 0.15) is 11.8 Å². The zero-order chi connectivity index (χ0) is 34.5. The van der Waals surface area contributed by atoms with Gasteiger partial charge in [0.25, 0.3) is 0 Å². The molecule has 0 aliphatic carbocycles. The minimum atomic E-state index is -4.74. The van der Waals surface area contributed by atoms with Gasteiger partial charge in [-0.05, 0) is 55.0 Å². The zero-order valence-electron chi connectivity index (χ0n) is 24.5. The summed E-state index contributed by atoms with van der Waals surface area (Å²) < 4.78 is 46.7. The highest BCUT2D eigenvalue weighted by molar-refractivity contribution is 8.00. The van der Waals surface area contributed by atoms with Crippen LogP contribution in [-0.4, -0.2) is 40.1 Å². The fourth-order valence-corrected chi connectivity index (χ4v) is 8.93. The van der Waals surface area contributed by atoms with Crippen LogP contribution in [0.15, 0.2) is 76.6 Å². The topological polar surface area (TPSA) is 115 Å². The van der Waals surface area contributed by atoms with Gasteiger partial charge in [-0.15, -0.1) is 0 Å². The van der Waals surface area contributed by atoms with Gasteiger partial charge in [0, 0.05) is 10.8 Å². The van der Waals surface area contributed by atoms with Gasteiger partial charge in [-0.2, -0.15) is 13.2 Å². The molecule has 2 aliphatic heterocycles. The molecule has 1 fully saturated rings. The SMILES string of the molecule is CCOC(=O)c1ccc(N2C(=O)C3Sc4c(sc(=O)n4CC(=O)Nc4ccccc4C(F)(F)F)[C@H](c4cccc(Cl)c4Cl)C3C2=O)cc1. The number of fused-ring (bicyclic) bond motifs is 2. The Morgan fingerprint density at radius 3 is 2.35 bits per heavy atom. The lowest BCUT2D eigenvalue weighted by molar-refractivity contribution is -0.137. The summed E-state index contributed by atoms with van der Waals surface area (Å²) in [6, 6.07) is 15.0. The maximum atomic E-state index is 14.1. The second-order valence-electron chi connectivity index (χ2n) is 10.7. The number of carbonyl (C=O) groups excluding carboxylic acids is 4. The van der Waals surface area contributed by atoms with Crippen LogP contribution in [0, 0.1) is 5.92 Å². The van der Waals surface area contributed by atoms with Crippen molar-refractivity contribution >= 4 is 81.4 Å². The van der Waals surface area contributed by atoms with Crippen molar-refractivity contribution in [3.8, 4) is 0 Å². The molecule has 0 saturated carbocycles. The standard InChI is InChI=1S/C32H22Cl2F3N3O6S2/c1-2-46-30(44)15-10-12-16(13-11-15)40-27(42)23-22(17-6-5-8-19(33)24(17)34)26-29(47-25(23)28(40)43)39(31(45)48-26)14-21(41)38-20-9-4-3-7-18(20)32(35,36)37/h3-13,22-23,25H,2,14H2,1H3,(H,38,41)/t22-,23?,25?/m1/s1. The number of carbonyl (C=O) groups is 4. The normalized spacial score (nSPS) is 18.8. The molecule has 4 aromatic rings. The molecule has 2 unspecified atom stereocenters. The molecule has 2 aliphatic rings. The lowest BCUT2D eigenvalue weighted by Gasteiger charge is -2.31. The Hall–Kier alpha value is -4.11. The molecule has 1 N–H and O–H groups in total. The maximum absolute atomic E-state index is 14.1. The van der Waals surface area contributed by atoms with Gasteiger partial charge in [0.05, 0.1) is 50.1 Å². The zero-order valence-corrected chi connectivity index (χ0v) is 27.7. The summed E-state index contributed by atoms with van der Waals surface area (Å²) in [6.07, 6.45) is -4.74. The summed E-state index contributed by atoms with van der Waals surface area (Å²) in [5.41, 5.74) is -0.746. The van der Waals surface area contributed by atoms with E-state index in [0.29, 0.717) is 10.4 Å². The van der Waals surface area contributed by atoms with Gasteiger partial charge in [-0.25, -0.2) is 9.69 Å². The number of aromatic nitrogens is 1. The van der Waals surface area contributed by atoms with Gasteiger partial charge < -0.3 is 10.1 Å². The van der Waals surface area contributed by atoms with Crippen molar-refractivity contribution in [2.75, 3.05) is 16.8 Å². The van der Waals surface area contributed by atoms with Crippen molar-refractivity contribution < 1.29 is 37.1 Å². The number of esters is 1. The van der Waals surface area contributed by atoms with E-state index >= 15 is 0 Å². The minimum Gasteiger partial charge on any atom is -0.462 e. The van der Waals surface area contributed by atoms with E-state index in [2.05, 4.69) is 5.32 Å². The number of anilines is 2. The van der Waals surface area contributed by atoms with Gasteiger partial charge >= 0.3 is 17.0 Å². The number of alkyl halides is 3. The van der Waals surface area contributed by atoms with Crippen LogP contribution >= 0.6 is 46.3 Å². The Bertz CT molecular complexity index is 2030. The van der Waals surface area contributed by atoms with Crippen molar-refractivity contribution in [3.05, 3.63) is 108 Å². The predicted molar refractivity (Wildman–Crippen MR) is 175 cm³/mol. The van der Waals surface area contributed by atoms with Gasteiger partial charge in [0.15, 0.2) is 0 Å². The fourth-order valence-electron chi connectivity index (χ4n) is 5.74. The van der Waals surface area contributed by atoms with Crippen LogP contribution in [0.25, 0.3) is 0 Å². The number of nitrogens with one attached hydrogen (secondary N) is 1. The molecule has 3 atom stereocenters. The molecule has 1 saturated heterocycles. The van der Waals surface area contributed by atoms with Crippen LogP contribution < -0.4 is 15.1 Å². The number of thiazole rings is 1. The molecular weight excluding hydrogens is 714 g/mol. The van der Waals surface area contributed by atoms with Crippen molar-refractivity contribution in [1.29, 1.82) is 0 Å². The second kappa shape index (κ2) is 13.1.